The molecule has 1 atom stereocenters. The maximum atomic E-state index is 12.2. The number of amides is 1. The molecule has 0 saturated carbocycles. The third-order valence-electron chi connectivity index (χ3n) is 3.30. The number of carbonyl (C=O) groups excluding carboxylic acids is 2. The number of methoxy groups -OCH3 is 2. The predicted octanol–water partition coefficient (Wildman–Crippen LogP) is 1.42. The second-order valence-electron chi connectivity index (χ2n) is 5.03. The quantitative estimate of drug-likeness (QED) is 0.669. The van der Waals surface area contributed by atoms with Gasteiger partial charge in [-0.1, -0.05) is 19.1 Å². The Bertz CT molecular complexity index is 836. The van der Waals surface area contributed by atoms with Crippen LogP contribution in [0.5, 0.6) is 11.8 Å². The molecule has 1 aromatic carbocycles. The van der Waals surface area contributed by atoms with E-state index in [0.717, 1.165) is 0 Å². The summed E-state index contributed by atoms with van der Waals surface area (Å²) in [6.45, 7) is 1.18. The number of benzene rings is 1. The van der Waals surface area contributed by atoms with Gasteiger partial charge < -0.3 is 14.2 Å². The molecule has 0 aliphatic rings. The summed E-state index contributed by atoms with van der Waals surface area (Å²) in [5, 5.41) is 2.39. The lowest BCUT2D eigenvalue weighted by Gasteiger charge is -2.09. The van der Waals surface area contributed by atoms with E-state index in [1.165, 1.54) is 26.4 Å². The standard InChI is InChI=1S/C17H19N3O6S/c1-4-27(23)12-8-6-5-7-11(12)16(22)26-10-13(21)18-17-19-14(24-2)9-15(20-17)25-3/h5-9H,4,10H2,1-3H3,(H,18,19,20,21). The van der Waals surface area contributed by atoms with E-state index in [4.69, 9.17) is 14.2 Å². The van der Waals surface area contributed by atoms with Gasteiger partial charge >= 0.3 is 5.97 Å². The van der Waals surface area contributed by atoms with Gasteiger partial charge in [0, 0.05) is 5.75 Å². The van der Waals surface area contributed by atoms with E-state index in [9.17, 15) is 13.8 Å². The lowest BCUT2D eigenvalue weighted by atomic mass is 10.2. The number of rotatable bonds is 8. The zero-order chi connectivity index (χ0) is 19.8. The Hall–Kier alpha value is -3.01. The Morgan fingerprint density at radius 2 is 1.74 bits per heavy atom. The molecule has 0 aliphatic carbocycles. The van der Waals surface area contributed by atoms with Crippen LogP contribution in [0.4, 0.5) is 5.95 Å². The largest absolute Gasteiger partial charge is 0.481 e. The molecule has 0 radical (unpaired) electrons. The normalized spacial score (nSPS) is 11.4. The summed E-state index contributed by atoms with van der Waals surface area (Å²) in [4.78, 5) is 32.5. The van der Waals surface area contributed by atoms with Crippen molar-refractivity contribution in [1.29, 1.82) is 0 Å². The minimum absolute atomic E-state index is 0.0558. The van der Waals surface area contributed by atoms with Crippen molar-refractivity contribution in [3.63, 3.8) is 0 Å². The Labute approximate surface area is 158 Å². The van der Waals surface area contributed by atoms with Crippen LogP contribution < -0.4 is 14.8 Å². The van der Waals surface area contributed by atoms with Gasteiger partial charge in [-0.3, -0.25) is 14.3 Å². The molecule has 1 aromatic heterocycles. The number of hydrogen-bond donors (Lipinski definition) is 1. The summed E-state index contributed by atoms with van der Waals surface area (Å²) >= 11 is 0. The second kappa shape index (κ2) is 9.62. The number of hydrogen-bond acceptors (Lipinski definition) is 8. The molecular formula is C17H19N3O6S. The third kappa shape index (κ3) is 5.48. The van der Waals surface area contributed by atoms with E-state index in [2.05, 4.69) is 15.3 Å². The van der Waals surface area contributed by atoms with Gasteiger partial charge in [-0.15, -0.1) is 0 Å². The van der Waals surface area contributed by atoms with Gasteiger partial charge in [0.1, 0.15) is 0 Å². The zero-order valence-electron chi connectivity index (χ0n) is 15.1. The smallest absolute Gasteiger partial charge is 0.339 e. The van der Waals surface area contributed by atoms with Gasteiger partial charge in [-0.2, -0.15) is 9.97 Å². The van der Waals surface area contributed by atoms with Gasteiger partial charge in [0.15, 0.2) is 6.61 Å². The molecule has 1 N–H and O–H groups in total. The van der Waals surface area contributed by atoms with E-state index in [1.807, 2.05) is 0 Å². The first-order chi connectivity index (χ1) is 13.0. The Morgan fingerprint density at radius 1 is 1.11 bits per heavy atom. The van der Waals surface area contributed by atoms with Gasteiger partial charge in [0.05, 0.1) is 41.5 Å². The molecule has 1 amide bonds. The lowest BCUT2D eigenvalue weighted by Crippen LogP contribution is -2.22. The van der Waals surface area contributed by atoms with E-state index in [1.54, 1.807) is 25.1 Å². The summed E-state index contributed by atoms with van der Waals surface area (Å²) < 4.78 is 27.0. The minimum atomic E-state index is -1.32. The Balaban J connectivity index is 2.02. The number of esters is 1. The van der Waals surface area contributed by atoms with Crippen molar-refractivity contribution in [2.75, 3.05) is 31.9 Å². The topological polar surface area (TPSA) is 117 Å². The molecule has 9 nitrogen and oxygen atoms in total. The van der Waals surface area contributed by atoms with Gasteiger partial charge in [-0.05, 0) is 12.1 Å². The molecule has 2 aromatic rings. The highest BCUT2D eigenvalue weighted by molar-refractivity contribution is 7.85. The average Bonchev–Trinajstić information content (AvgIpc) is 2.70. The van der Waals surface area contributed by atoms with Crippen molar-refractivity contribution in [2.45, 2.75) is 11.8 Å². The van der Waals surface area contributed by atoms with E-state index in [-0.39, 0.29) is 23.3 Å². The number of ether oxygens (including phenoxy) is 3. The first-order valence-electron chi connectivity index (χ1n) is 7.90. The van der Waals surface area contributed by atoms with Crippen molar-refractivity contribution in [3.8, 4) is 11.8 Å². The molecule has 10 heteroatoms. The molecule has 27 heavy (non-hydrogen) atoms. The number of aromatic nitrogens is 2. The SMILES string of the molecule is CCS(=O)c1ccccc1C(=O)OCC(=O)Nc1nc(OC)cc(OC)n1. The van der Waals surface area contributed by atoms with Crippen LogP contribution in [0.15, 0.2) is 35.2 Å². The van der Waals surface area contributed by atoms with E-state index < -0.39 is 29.3 Å². The monoisotopic (exact) mass is 393 g/mol. The van der Waals surface area contributed by atoms with Crippen LogP contribution >= 0.6 is 0 Å². The van der Waals surface area contributed by atoms with Gasteiger partial charge in [0.25, 0.3) is 5.91 Å². The maximum absolute atomic E-state index is 12.2. The number of anilines is 1. The summed E-state index contributed by atoms with van der Waals surface area (Å²) in [7, 11) is 1.49. The molecule has 0 aliphatic heterocycles. The highest BCUT2D eigenvalue weighted by Gasteiger charge is 2.17. The average molecular weight is 393 g/mol. The first kappa shape index (κ1) is 20.3. The molecule has 1 unspecified atom stereocenters. The molecule has 2 rings (SSSR count). The lowest BCUT2D eigenvalue weighted by molar-refractivity contribution is -0.119. The molecule has 1 heterocycles. The third-order valence-corrected chi connectivity index (χ3v) is 4.67. The van der Waals surface area contributed by atoms with E-state index in [0.29, 0.717) is 10.6 Å². The fourth-order valence-corrected chi connectivity index (χ4v) is 2.97. The molecule has 0 fully saturated rings. The van der Waals surface area contributed by atoms with Crippen LogP contribution in [0, 0.1) is 0 Å². The summed E-state index contributed by atoms with van der Waals surface area (Å²) in [6.07, 6.45) is 0. The Morgan fingerprint density at radius 3 is 2.33 bits per heavy atom. The fraction of sp³-hybridized carbons (Fsp3) is 0.294. The van der Waals surface area contributed by atoms with E-state index >= 15 is 0 Å². The second-order valence-corrected chi connectivity index (χ2v) is 6.74. The molecule has 144 valence electrons. The first-order valence-corrected chi connectivity index (χ1v) is 9.21. The number of nitrogens with one attached hydrogen (secondary N) is 1. The van der Waals surface area contributed by atoms with Crippen molar-refractivity contribution >= 4 is 28.6 Å². The van der Waals surface area contributed by atoms with Gasteiger partial charge in [0.2, 0.25) is 17.7 Å². The zero-order valence-corrected chi connectivity index (χ0v) is 15.9. The summed E-state index contributed by atoms with van der Waals surface area (Å²) in [5.41, 5.74) is 0.157. The highest BCUT2D eigenvalue weighted by atomic mass is 32.2. The molecular weight excluding hydrogens is 374 g/mol. The summed E-state index contributed by atoms with van der Waals surface area (Å²) in [6, 6.07) is 7.84. The van der Waals surface area contributed by atoms with Crippen molar-refractivity contribution in [2.24, 2.45) is 0 Å². The van der Waals surface area contributed by atoms with Crippen molar-refractivity contribution in [3.05, 3.63) is 35.9 Å². The van der Waals surface area contributed by atoms with Crippen LogP contribution in [0.25, 0.3) is 0 Å². The van der Waals surface area contributed by atoms with Crippen LogP contribution in [-0.2, 0) is 20.3 Å². The van der Waals surface area contributed by atoms with Crippen LogP contribution in [0.2, 0.25) is 0 Å². The van der Waals surface area contributed by atoms with Crippen LogP contribution in [-0.4, -0.2) is 52.6 Å². The summed E-state index contributed by atoms with van der Waals surface area (Å²) in [5.74, 6) is -0.686. The number of carbonyl (C=O) groups is 2. The highest BCUT2D eigenvalue weighted by Crippen LogP contribution is 2.17. The Kier molecular flexibility index (Phi) is 7.24. The van der Waals surface area contributed by atoms with Crippen molar-refractivity contribution < 1.29 is 28.0 Å². The maximum Gasteiger partial charge on any atom is 0.339 e. The molecule has 0 bridgehead atoms. The molecule has 0 saturated heterocycles. The van der Waals surface area contributed by atoms with Gasteiger partial charge in [-0.25, -0.2) is 4.79 Å². The van der Waals surface area contributed by atoms with Crippen molar-refractivity contribution in [1.82, 2.24) is 9.97 Å². The van der Waals surface area contributed by atoms with Crippen LogP contribution in [0.3, 0.4) is 0 Å². The predicted molar refractivity (Wildman–Crippen MR) is 97.4 cm³/mol. The van der Waals surface area contributed by atoms with Crippen LogP contribution in [0.1, 0.15) is 17.3 Å². The number of nitrogens with zero attached hydrogens (tertiary/aromatic N) is 2. The minimum Gasteiger partial charge on any atom is -0.481 e. The molecule has 0 spiro atoms. The fourth-order valence-electron chi connectivity index (χ4n) is 2.03.